The number of methoxy groups -OCH3 is 3. The minimum Gasteiger partial charge on any atom is -0.382 e. The van der Waals surface area contributed by atoms with Gasteiger partial charge in [0.05, 0.1) is 19.3 Å². The van der Waals surface area contributed by atoms with Crippen molar-refractivity contribution >= 4 is 16.0 Å². The first-order chi connectivity index (χ1) is 16.3. The summed E-state index contributed by atoms with van der Waals surface area (Å²) in [6.45, 7) is 3.82. The Balaban J connectivity index is 1.99. The van der Waals surface area contributed by atoms with Crippen LogP contribution in [-0.4, -0.2) is 77.9 Å². The minimum absolute atomic E-state index is 0.00582. The van der Waals surface area contributed by atoms with Crippen LogP contribution in [0.1, 0.15) is 30.5 Å². The van der Waals surface area contributed by atoms with E-state index in [1.807, 2.05) is 6.92 Å². The Labute approximate surface area is 198 Å². The molecule has 0 aliphatic rings. The van der Waals surface area contributed by atoms with E-state index in [-0.39, 0.29) is 25.0 Å². The van der Waals surface area contributed by atoms with E-state index in [1.54, 1.807) is 55.6 Å². The summed E-state index contributed by atoms with van der Waals surface area (Å²) in [4.78, 5) is 12.8. The van der Waals surface area contributed by atoms with E-state index in [0.717, 1.165) is 5.56 Å². The third-order valence-electron chi connectivity index (χ3n) is 5.13. The molecule has 3 aromatic heterocycles. The van der Waals surface area contributed by atoms with Crippen molar-refractivity contribution in [3.8, 4) is 11.5 Å². The number of aryl methyl sites for hydroxylation is 1. The van der Waals surface area contributed by atoms with Crippen molar-refractivity contribution in [2.24, 2.45) is 0 Å². The molecule has 12 nitrogen and oxygen atoms in total. The summed E-state index contributed by atoms with van der Waals surface area (Å²) < 4.78 is 47.0. The number of ether oxygens (including phenoxy) is 3. The van der Waals surface area contributed by atoms with Gasteiger partial charge in [0.25, 0.3) is 0 Å². The highest BCUT2D eigenvalue weighted by molar-refractivity contribution is 7.93. The number of anilines is 1. The van der Waals surface area contributed by atoms with E-state index in [2.05, 4.69) is 29.9 Å². The zero-order valence-electron chi connectivity index (χ0n) is 19.7. The van der Waals surface area contributed by atoms with E-state index >= 15 is 0 Å². The molecule has 0 bridgehead atoms. The quantitative estimate of drug-likeness (QED) is 0.398. The van der Waals surface area contributed by atoms with Gasteiger partial charge in [0.2, 0.25) is 16.0 Å². The minimum atomic E-state index is -4.02. The number of hydrogen-bond acceptors (Lipinski definition) is 10. The number of nitrogens with one attached hydrogen (secondary N) is 1. The number of pyridine rings is 1. The molecule has 0 radical (unpaired) electrons. The molecule has 2 atom stereocenters. The first-order valence-electron chi connectivity index (χ1n) is 10.5. The lowest BCUT2D eigenvalue weighted by atomic mass is 10.2. The van der Waals surface area contributed by atoms with Crippen molar-refractivity contribution in [1.82, 2.24) is 29.7 Å². The molecular weight excluding hydrogens is 462 g/mol. The Bertz CT molecular complexity index is 1150. The molecule has 0 aliphatic carbocycles. The predicted octanol–water partition coefficient (Wildman–Crippen LogP) is 1.79. The van der Waals surface area contributed by atoms with Gasteiger partial charge in [-0.25, -0.2) is 18.4 Å². The second-order valence-electron chi connectivity index (χ2n) is 7.62. The van der Waals surface area contributed by atoms with E-state index in [0.29, 0.717) is 11.5 Å². The van der Waals surface area contributed by atoms with Gasteiger partial charge in [0.15, 0.2) is 11.6 Å². The lowest BCUT2D eigenvalue weighted by Gasteiger charge is -2.24. The Morgan fingerprint density at radius 2 is 1.71 bits per heavy atom. The summed E-state index contributed by atoms with van der Waals surface area (Å²) in [6.07, 6.45) is 3.93. The normalized spacial score (nSPS) is 13.7. The molecule has 0 aromatic carbocycles. The molecule has 0 aliphatic heterocycles. The van der Waals surface area contributed by atoms with Crippen LogP contribution < -0.4 is 4.72 Å². The van der Waals surface area contributed by atoms with Crippen molar-refractivity contribution in [1.29, 1.82) is 0 Å². The first-order valence-corrected chi connectivity index (χ1v) is 12.0. The van der Waals surface area contributed by atoms with E-state index in [9.17, 15) is 8.42 Å². The molecule has 13 heteroatoms. The van der Waals surface area contributed by atoms with Crippen molar-refractivity contribution in [2.75, 3.05) is 39.3 Å². The van der Waals surface area contributed by atoms with Crippen LogP contribution in [0.25, 0.3) is 11.5 Å². The maximum Gasteiger partial charge on any atom is 0.240 e. The molecule has 184 valence electrons. The molecule has 0 saturated carbocycles. The predicted molar refractivity (Wildman–Crippen MR) is 125 cm³/mol. The van der Waals surface area contributed by atoms with Crippen LogP contribution in [0.5, 0.6) is 0 Å². The molecule has 0 saturated heterocycles. The van der Waals surface area contributed by atoms with Gasteiger partial charge in [0.1, 0.15) is 17.0 Å². The molecule has 3 aromatic rings. The molecule has 34 heavy (non-hydrogen) atoms. The van der Waals surface area contributed by atoms with Crippen molar-refractivity contribution in [2.45, 2.75) is 31.2 Å². The van der Waals surface area contributed by atoms with E-state index in [1.165, 1.54) is 14.0 Å². The SMILES string of the molecule is COCC(COC)n1c(NS(=O)(=O)[C@@H](C)[C@H](OC)c2ncc(C)cn2)nnc1-c1ccccn1. The monoisotopic (exact) mass is 491 g/mol. The highest BCUT2D eigenvalue weighted by Gasteiger charge is 2.35. The zero-order chi connectivity index (χ0) is 24.7. The number of aromatic nitrogens is 6. The average molecular weight is 492 g/mol. The van der Waals surface area contributed by atoms with Gasteiger partial charge in [0, 0.05) is 39.9 Å². The lowest BCUT2D eigenvalue weighted by molar-refractivity contribution is 0.0907. The van der Waals surface area contributed by atoms with Gasteiger partial charge < -0.3 is 14.2 Å². The zero-order valence-corrected chi connectivity index (χ0v) is 20.6. The van der Waals surface area contributed by atoms with Gasteiger partial charge in [-0.1, -0.05) is 6.07 Å². The average Bonchev–Trinajstić information content (AvgIpc) is 3.23. The standard InChI is InChI=1S/C21H29N7O5S/c1-14-10-23-19(24-11-14)18(33-5)15(2)34(29,30)27-21-26-25-20(17-8-6-7-9-22-17)28(21)16(12-31-3)13-32-4/h6-11,15-16,18H,12-13H2,1-5H3,(H,26,27)/t15-,18-/m0/s1. The number of sulfonamides is 1. The van der Waals surface area contributed by atoms with Crippen LogP contribution >= 0.6 is 0 Å². The summed E-state index contributed by atoms with van der Waals surface area (Å²) in [5.74, 6) is 0.639. The van der Waals surface area contributed by atoms with Crippen LogP contribution in [0.4, 0.5) is 5.95 Å². The van der Waals surface area contributed by atoms with Crippen molar-refractivity contribution < 1.29 is 22.6 Å². The van der Waals surface area contributed by atoms with Gasteiger partial charge in [-0.2, -0.15) is 0 Å². The summed E-state index contributed by atoms with van der Waals surface area (Å²) in [5, 5.41) is 7.27. The summed E-state index contributed by atoms with van der Waals surface area (Å²) >= 11 is 0. The van der Waals surface area contributed by atoms with Gasteiger partial charge >= 0.3 is 0 Å². The fourth-order valence-electron chi connectivity index (χ4n) is 3.40. The second-order valence-corrected chi connectivity index (χ2v) is 9.66. The molecule has 0 amide bonds. The van der Waals surface area contributed by atoms with Crippen LogP contribution in [0.2, 0.25) is 0 Å². The molecular formula is C21H29N7O5S. The fraction of sp³-hybridized carbons (Fsp3) is 0.476. The highest BCUT2D eigenvalue weighted by atomic mass is 32.2. The summed E-state index contributed by atoms with van der Waals surface area (Å²) in [7, 11) is 0.485. The van der Waals surface area contributed by atoms with E-state index < -0.39 is 27.4 Å². The van der Waals surface area contributed by atoms with Crippen molar-refractivity contribution in [3.05, 3.63) is 48.2 Å². The highest BCUT2D eigenvalue weighted by Crippen LogP contribution is 2.28. The van der Waals surface area contributed by atoms with E-state index in [4.69, 9.17) is 14.2 Å². The van der Waals surface area contributed by atoms with Crippen LogP contribution in [0.3, 0.4) is 0 Å². The topological polar surface area (TPSA) is 143 Å². The third-order valence-corrected chi connectivity index (χ3v) is 6.82. The van der Waals surface area contributed by atoms with Crippen LogP contribution in [0.15, 0.2) is 36.8 Å². The lowest BCUT2D eigenvalue weighted by Crippen LogP contribution is -2.34. The molecule has 0 unspecified atom stereocenters. The molecule has 1 N–H and O–H groups in total. The maximum absolute atomic E-state index is 13.4. The summed E-state index contributed by atoms with van der Waals surface area (Å²) in [5.41, 5.74) is 1.37. The van der Waals surface area contributed by atoms with Crippen LogP contribution in [0, 0.1) is 6.92 Å². The number of hydrogen-bond donors (Lipinski definition) is 1. The molecule has 0 spiro atoms. The Morgan fingerprint density at radius 1 is 1.03 bits per heavy atom. The number of rotatable bonds is 12. The maximum atomic E-state index is 13.4. The van der Waals surface area contributed by atoms with Crippen molar-refractivity contribution in [3.63, 3.8) is 0 Å². The smallest absolute Gasteiger partial charge is 0.240 e. The first kappa shape index (κ1) is 25.6. The van der Waals surface area contributed by atoms with Crippen LogP contribution in [-0.2, 0) is 24.2 Å². The number of nitrogens with zero attached hydrogens (tertiary/aromatic N) is 6. The molecule has 0 fully saturated rings. The second kappa shape index (κ2) is 11.4. The van der Waals surface area contributed by atoms with Gasteiger partial charge in [-0.05, 0) is 31.5 Å². The van der Waals surface area contributed by atoms with Gasteiger partial charge in [-0.3, -0.25) is 14.3 Å². The fourth-order valence-corrected chi connectivity index (χ4v) is 4.54. The third kappa shape index (κ3) is 5.73. The largest absolute Gasteiger partial charge is 0.382 e. The molecule has 3 rings (SSSR count). The summed E-state index contributed by atoms with van der Waals surface area (Å²) in [6, 6.07) is 4.91. The Kier molecular flexibility index (Phi) is 8.61. The molecule has 3 heterocycles. The van der Waals surface area contributed by atoms with Gasteiger partial charge in [-0.15, -0.1) is 10.2 Å². The Hall–Kier alpha value is -3.00. The Morgan fingerprint density at radius 3 is 2.26 bits per heavy atom.